The van der Waals surface area contributed by atoms with Gasteiger partial charge in [-0.25, -0.2) is 0 Å². The molecule has 2 aliphatic carbocycles. The smallest absolute Gasteiger partial charge is 0.182 e. The van der Waals surface area contributed by atoms with Gasteiger partial charge in [0.05, 0.1) is 13.2 Å². The molecule has 7 rings (SSSR count). The first-order valence-electron chi connectivity index (χ1n) is 18.2. The van der Waals surface area contributed by atoms with Crippen LogP contribution in [-0.4, -0.2) is 29.5 Å². The number of hydrogen-bond donors (Lipinski definition) is 2. The Balaban J connectivity index is 1.28. The van der Waals surface area contributed by atoms with E-state index in [1.54, 1.807) is 7.11 Å². The molecular formula is C42H50O6. The minimum Gasteiger partial charge on any atom is -0.508 e. The van der Waals surface area contributed by atoms with E-state index in [1.807, 2.05) is 30.3 Å². The molecule has 4 aliphatic rings. The second-order valence-electron chi connectivity index (χ2n) is 14.8. The van der Waals surface area contributed by atoms with Gasteiger partial charge in [0.25, 0.3) is 0 Å². The lowest BCUT2D eigenvalue weighted by Crippen LogP contribution is -2.32. The van der Waals surface area contributed by atoms with Gasteiger partial charge in [0.15, 0.2) is 11.5 Å². The van der Waals surface area contributed by atoms with Crippen LogP contribution in [0.2, 0.25) is 0 Å². The minimum atomic E-state index is -0.749. The third-order valence-electron chi connectivity index (χ3n) is 10.9. The van der Waals surface area contributed by atoms with Crippen molar-refractivity contribution in [1.29, 1.82) is 0 Å². The maximum Gasteiger partial charge on any atom is 0.182 e. The predicted molar refractivity (Wildman–Crippen MR) is 188 cm³/mol. The third-order valence-corrected chi connectivity index (χ3v) is 10.9. The van der Waals surface area contributed by atoms with Crippen molar-refractivity contribution in [3.63, 3.8) is 0 Å². The SMILES string of the molecule is CCCCC[C@@H]1Cc2cc(O)c(CC(C)C)cc2-c2c(OC)cc3c(c21)C[C@@H](O)[C@H](c1ccc2c(c1)O[C@H]1CCCC[C@@H]1CC#CO2)O3. The second kappa shape index (κ2) is 14.0. The number of methoxy groups -OCH3 is 1. The van der Waals surface area contributed by atoms with E-state index in [2.05, 4.69) is 38.9 Å². The van der Waals surface area contributed by atoms with Crippen molar-refractivity contribution in [3.05, 3.63) is 64.2 Å². The minimum absolute atomic E-state index is 0.105. The molecule has 2 heterocycles. The van der Waals surface area contributed by atoms with Gasteiger partial charge in [0, 0.05) is 36.0 Å². The molecule has 1 fully saturated rings. The summed E-state index contributed by atoms with van der Waals surface area (Å²) in [7, 11) is 1.73. The van der Waals surface area contributed by atoms with Crippen LogP contribution in [0.4, 0.5) is 0 Å². The molecule has 0 saturated heterocycles. The molecule has 0 radical (unpaired) electrons. The number of aromatic hydroxyl groups is 1. The quantitative estimate of drug-likeness (QED) is 0.187. The van der Waals surface area contributed by atoms with Crippen LogP contribution >= 0.6 is 0 Å². The van der Waals surface area contributed by atoms with Gasteiger partial charge in [-0.05, 0) is 102 Å². The van der Waals surface area contributed by atoms with Crippen molar-refractivity contribution in [2.75, 3.05) is 7.11 Å². The molecule has 3 aromatic carbocycles. The largest absolute Gasteiger partial charge is 0.508 e. The monoisotopic (exact) mass is 650 g/mol. The number of aliphatic hydroxyl groups excluding tert-OH is 1. The zero-order valence-electron chi connectivity index (χ0n) is 28.9. The Labute approximate surface area is 285 Å². The molecule has 2 N–H and O–H groups in total. The third kappa shape index (κ3) is 6.34. The summed E-state index contributed by atoms with van der Waals surface area (Å²) in [5.74, 6) is 7.44. The van der Waals surface area contributed by atoms with Crippen LogP contribution in [0.3, 0.4) is 0 Å². The Kier molecular flexibility index (Phi) is 9.52. The fraction of sp³-hybridized carbons (Fsp3) is 0.524. The standard InChI is InChI=1S/C42H50O6/c1-5-6-7-12-27-19-29-21-33(43)30(18-25(2)3)20-31(29)41-39(45-4)24-37-32(40(27)41)23-34(44)42(48-37)28-15-16-36-38(22-28)47-35-14-9-8-11-26(35)13-10-17-46-36/h15-16,20-22,24-27,34-35,42-44H,5-9,11-14,18-19,23H2,1-4H3/t26-,27-,34-,35+,42+/m1/s1. The van der Waals surface area contributed by atoms with Crippen LogP contribution in [0, 0.1) is 23.9 Å². The molecule has 48 heavy (non-hydrogen) atoms. The summed E-state index contributed by atoms with van der Waals surface area (Å²) >= 11 is 0. The molecule has 6 nitrogen and oxygen atoms in total. The summed E-state index contributed by atoms with van der Waals surface area (Å²) in [6.07, 6.45) is 13.5. The van der Waals surface area contributed by atoms with E-state index in [-0.39, 0.29) is 12.0 Å². The summed E-state index contributed by atoms with van der Waals surface area (Å²) in [4.78, 5) is 0. The van der Waals surface area contributed by atoms with Crippen molar-refractivity contribution in [2.45, 2.75) is 122 Å². The average Bonchev–Trinajstić information content (AvgIpc) is 3.16. The maximum atomic E-state index is 11.8. The predicted octanol–water partition coefficient (Wildman–Crippen LogP) is 9.20. The van der Waals surface area contributed by atoms with Crippen molar-refractivity contribution in [2.24, 2.45) is 11.8 Å². The van der Waals surface area contributed by atoms with Gasteiger partial charge in [-0.15, -0.1) is 0 Å². The van der Waals surface area contributed by atoms with Gasteiger partial charge in [0.2, 0.25) is 0 Å². The van der Waals surface area contributed by atoms with Gasteiger partial charge in [-0.1, -0.05) is 58.4 Å². The zero-order valence-corrected chi connectivity index (χ0v) is 28.9. The van der Waals surface area contributed by atoms with Gasteiger partial charge in [-0.2, -0.15) is 0 Å². The molecule has 254 valence electrons. The van der Waals surface area contributed by atoms with E-state index < -0.39 is 12.2 Å². The summed E-state index contributed by atoms with van der Waals surface area (Å²) in [6.45, 7) is 6.59. The number of phenolic OH excluding ortho intramolecular Hbond substituents is 1. The number of unbranched alkanes of at least 4 members (excludes halogenated alkanes) is 2. The number of ether oxygens (including phenoxy) is 4. The van der Waals surface area contributed by atoms with Crippen LogP contribution in [0.1, 0.15) is 118 Å². The Morgan fingerprint density at radius 2 is 1.83 bits per heavy atom. The van der Waals surface area contributed by atoms with Crippen LogP contribution in [0.25, 0.3) is 11.1 Å². The highest BCUT2D eigenvalue weighted by Gasteiger charge is 2.39. The molecular weight excluding hydrogens is 600 g/mol. The number of benzene rings is 3. The lowest BCUT2D eigenvalue weighted by Gasteiger charge is -2.38. The van der Waals surface area contributed by atoms with Gasteiger partial charge < -0.3 is 29.2 Å². The highest BCUT2D eigenvalue weighted by molar-refractivity contribution is 5.83. The first kappa shape index (κ1) is 32.7. The number of phenols is 1. The van der Waals surface area contributed by atoms with E-state index in [4.69, 9.17) is 18.9 Å². The van der Waals surface area contributed by atoms with Crippen molar-refractivity contribution in [1.82, 2.24) is 0 Å². The second-order valence-corrected chi connectivity index (χ2v) is 14.8. The molecule has 0 amide bonds. The Hall–Kier alpha value is -3.82. The highest BCUT2D eigenvalue weighted by Crippen LogP contribution is 2.54. The number of hydrogen-bond acceptors (Lipinski definition) is 6. The Bertz CT molecular complexity index is 1710. The molecule has 0 aromatic heterocycles. The molecule has 0 unspecified atom stereocenters. The lowest BCUT2D eigenvalue weighted by atomic mass is 9.72. The summed E-state index contributed by atoms with van der Waals surface area (Å²) in [6, 6.07) is 12.0. The Morgan fingerprint density at radius 3 is 2.65 bits per heavy atom. The number of aliphatic hydroxyl groups is 1. The van der Waals surface area contributed by atoms with E-state index >= 15 is 0 Å². The van der Waals surface area contributed by atoms with Crippen molar-refractivity contribution in [3.8, 4) is 51.9 Å². The fourth-order valence-electron chi connectivity index (χ4n) is 8.52. The molecule has 2 aliphatic heterocycles. The van der Waals surface area contributed by atoms with E-state index in [1.165, 1.54) is 18.4 Å². The van der Waals surface area contributed by atoms with Gasteiger partial charge in [0.1, 0.15) is 35.6 Å². The average molecular weight is 651 g/mol. The topological polar surface area (TPSA) is 77.4 Å². The zero-order chi connectivity index (χ0) is 33.4. The van der Waals surface area contributed by atoms with E-state index in [0.717, 1.165) is 103 Å². The highest BCUT2D eigenvalue weighted by atomic mass is 16.5. The number of rotatable bonds is 8. The summed E-state index contributed by atoms with van der Waals surface area (Å²) in [5.41, 5.74) is 7.49. The van der Waals surface area contributed by atoms with Crippen molar-refractivity contribution < 1.29 is 29.2 Å². The molecule has 1 saturated carbocycles. The first-order valence-corrected chi connectivity index (χ1v) is 18.2. The summed E-state index contributed by atoms with van der Waals surface area (Å²) < 4.78 is 25.4. The molecule has 0 bridgehead atoms. The van der Waals surface area contributed by atoms with Crippen molar-refractivity contribution >= 4 is 0 Å². The van der Waals surface area contributed by atoms with Crippen LogP contribution in [0.15, 0.2) is 36.4 Å². The molecule has 0 spiro atoms. The molecule has 3 aromatic rings. The van der Waals surface area contributed by atoms with Crippen LogP contribution in [-0.2, 0) is 19.3 Å². The first-order chi connectivity index (χ1) is 23.3. The molecule has 6 heteroatoms. The number of fused-ring (bicyclic) bond motifs is 7. The fourth-order valence-corrected chi connectivity index (χ4v) is 8.52. The lowest BCUT2D eigenvalue weighted by molar-refractivity contribution is 0.0198. The summed E-state index contributed by atoms with van der Waals surface area (Å²) in [5, 5.41) is 22.8. The van der Waals surface area contributed by atoms with Gasteiger partial charge in [-0.3, -0.25) is 0 Å². The normalized spacial score (nSPS) is 23.9. The maximum absolute atomic E-state index is 11.8. The van der Waals surface area contributed by atoms with Crippen LogP contribution in [0.5, 0.6) is 28.7 Å². The van der Waals surface area contributed by atoms with E-state index in [9.17, 15) is 10.2 Å². The van der Waals surface area contributed by atoms with Gasteiger partial charge >= 0.3 is 0 Å². The molecule has 5 atom stereocenters. The Morgan fingerprint density at radius 1 is 0.979 bits per heavy atom. The van der Waals surface area contributed by atoms with E-state index in [0.29, 0.717) is 35.5 Å². The van der Waals surface area contributed by atoms with Crippen LogP contribution < -0.4 is 18.9 Å².